The zero-order valence-corrected chi connectivity index (χ0v) is 19.2. The van der Waals surface area contributed by atoms with Crippen LogP contribution >= 0.6 is 23.2 Å². The molecule has 3 amide bonds. The highest BCUT2D eigenvalue weighted by atomic mass is 35.5. The van der Waals surface area contributed by atoms with Gasteiger partial charge >= 0.3 is 0 Å². The van der Waals surface area contributed by atoms with Crippen LogP contribution in [-0.2, 0) is 14.3 Å². The minimum absolute atomic E-state index is 0.0593. The van der Waals surface area contributed by atoms with Crippen LogP contribution in [0.5, 0.6) is 5.75 Å². The first-order chi connectivity index (χ1) is 15.3. The molecule has 2 aromatic rings. The van der Waals surface area contributed by atoms with E-state index in [2.05, 4.69) is 0 Å². The molecule has 10 heteroatoms. The Morgan fingerprint density at radius 2 is 1.91 bits per heavy atom. The molecule has 0 radical (unpaired) electrons. The lowest BCUT2D eigenvalue weighted by Crippen LogP contribution is -2.44. The Balaban J connectivity index is 1.71. The predicted molar refractivity (Wildman–Crippen MR) is 121 cm³/mol. The van der Waals surface area contributed by atoms with Crippen molar-refractivity contribution in [3.05, 3.63) is 58.1 Å². The topological polar surface area (TPSA) is 79.4 Å². The van der Waals surface area contributed by atoms with Crippen molar-refractivity contribution < 1.29 is 23.9 Å². The Labute approximate surface area is 196 Å². The summed E-state index contributed by atoms with van der Waals surface area (Å²) in [6.07, 6.45) is 0. The first-order valence-corrected chi connectivity index (χ1v) is 10.5. The Hall–Kier alpha value is -2.81. The summed E-state index contributed by atoms with van der Waals surface area (Å²) < 4.78 is 10.2. The van der Waals surface area contributed by atoms with Gasteiger partial charge in [-0.2, -0.15) is 0 Å². The number of nitrogens with zero attached hydrogens (tertiary/aromatic N) is 3. The first-order valence-electron chi connectivity index (χ1n) is 9.79. The second-order valence-corrected chi connectivity index (χ2v) is 7.95. The largest absolute Gasteiger partial charge is 0.495 e. The van der Waals surface area contributed by atoms with Crippen LogP contribution in [0.3, 0.4) is 0 Å². The van der Waals surface area contributed by atoms with Gasteiger partial charge in [-0.15, -0.1) is 0 Å². The summed E-state index contributed by atoms with van der Waals surface area (Å²) in [7, 11) is 3.02. The maximum atomic E-state index is 13.0. The summed E-state index contributed by atoms with van der Waals surface area (Å²) in [4.78, 5) is 42.7. The van der Waals surface area contributed by atoms with Gasteiger partial charge < -0.3 is 19.3 Å². The molecule has 1 aliphatic heterocycles. The zero-order valence-electron chi connectivity index (χ0n) is 17.7. The van der Waals surface area contributed by atoms with Crippen molar-refractivity contribution in [1.29, 1.82) is 0 Å². The molecule has 1 heterocycles. The molecule has 0 spiro atoms. The van der Waals surface area contributed by atoms with Crippen LogP contribution < -0.4 is 9.64 Å². The van der Waals surface area contributed by atoms with E-state index in [1.54, 1.807) is 42.5 Å². The van der Waals surface area contributed by atoms with Gasteiger partial charge in [0.25, 0.3) is 5.91 Å². The van der Waals surface area contributed by atoms with E-state index < -0.39 is 0 Å². The van der Waals surface area contributed by atoms with Gasteiger partial charge in [-0.1, -0.05) is 29.3 Å². The molecule has 0 atom stereocenters. The van der Waals surface area contributed by atoms with E-state index in [4.69, 9.17) is 32.7 Å². The third kappa shape index (κ3) is 5.51. The molecule has 1 fully saturated rings. The van der Waals surface area contributed by atoms with Crippen molar-refractivity contribution in [2.24, 2.45) is 0 Å². The Morgan fingerprint density at radius 1 is 1.12 bits per heavy atom. The van der Waals surface area contributed by atoms with Crippen LogP contribution in [0.2, 0.25) is 10.0 Å². The van der Waals surface area contributed by atoms with Crippen molar-refractivity contribution in [1.82, 2.24) is 9.80 Å². The second-order valence-electron chi connectivity index (χ2n) is 7.10. The Kier molecular flexibility index (Phi) is 7.95. The standard InChI is InChI=1S/C22H23Cl2N3O5/c1-31-9-8-25(22(30)15-4-3-5-16(23)10-15)12-20(28)26-13-21(29)27(14-26)17-6-7-19(32-2)18(24)11-17/h3-7,10-11H,8-9,12-14H2,1-2H3. The number of ether oxygens (including phenoxy) is 2. The summed E-state index contributed by atoms with van der Waals surface area (Å²) >= 11 is 12.2. The van der Waals surface area contributed by atoms with Gasteiger partial charge in [0.2, 0.25) is 11.8 Å². The van der Waals surface area contributed by atoms with Gasteiger partial charge in [-0.05, 0) is 36.4 Å². The van der Waals surface area contributed by atoms with Crippen molar-refractivity contribution >= 4 is 46.6 Å². The van der Waals surface area contributed by atoms with Crippen molar-refractivity contribution in [3.8, 4) is 5.75 Å². The molecule has 170 valence electrons. The smallest absolute Gasteiger partial charge is 0.254 e. The van der Waals surface area contributed by atoms with Crippen LogP contribution in [0, 0.1) is 0 Å². The maximum absolute atomic E-state index is 13.0. The fourth-order valence-electron chi connectivity index (χ4n) is 3.29. The number of hydrogen-bond acceptors (Lipinski definition) is 5. The average Bonchev–Trinajstić information content (AvgIpc) is 3.17. The second kappa shape index (κ2) is 10.7. The minimum atomic E-state index is -0.355. The lowest BCUT2D eigenvalue weighted by atomic mass is 10.2. The highest BCUT2D eigenvalue weighted by Gasteiger charge is 2.33. The van der Waals surface area contributed by atoms with Crippen LogP contribution in [-0.4, -0.2) is 74.7 Å². The maximum Gasteiger partial charge on any atom is 0.254 e. The summed E-state index contributed by atoms with van der Waals surface area (Å²) in [5.74, 6) is -0.457. The highest BCUT2D eigenvalue weighted by Crippen LogP contribution is 2.30. The molecule has 0 saturated carbocycles. The van der Waals surface area contributed by atoms with E-state index >= 15 is 0 Å². The van der Waals surface area contributed by atoms with Gasteiger partial charge in [-0.3, -0.25) is 19.3 Å². The van der Waals surface area contributed by atoms with Crippen molar-refractivity contribution in [2.45, 2.75) is 0 Å². The summed E-state index contributed by atoms with van der Waals surface area (Å²) in [5, 5.41) is 0.785. The molecule has 2 aromatic carbocycles. The number of carbonyl (C=O) groups is 3. The van der Waals surface area contributed by atoms with E-state index in [-0.39, 0.29) is 50.6 Å². The molecule has 0 unspecified atom stereocenters. The molecule has 8 nitrogen and oxygen atoms in total. The molecule has 3 rings (SSSR count). The Bertz CT molecular complexity index is 1020. The van der Waals surface area contributed by atoms with E-state index in [1.165, 1.54) is 28.9 Å². The van der Waals surface area contributed by atoms with E-state index in [9.17, 15) is 14.4 Å². The van der Waals surface area contributed by atoms with Gasteiger partial charge in [0.15, 0.2) is 0 Å². The van der Waals surface area contributed by atoms with E-state index in [0.717, 1.165) is 0 Å². The Morgan fingerprint density at radius 3 is 2.56 bits per heavy atom. The van der Waals surface area contributed by atoms with Crippen LogP contribution in [0.25, 0.3) is 0 Å². The normalized spacial score (nSPS) is 13.4. The lowest BCUT2D eigenvalue weighted by molar-refractivity contribution is -0.132. The molecule has 0 N–H and O–H groups in total. The fraction of sp³-hybridized carbons (Fsp3) is 0.318. The van der Waals surface area contributed by atoms with Gasteiger partial charge in [0.05, 0.1) is 18.7 Å². The minimum Gasteiger partial charge on any atom is -0.495 e. The molecular formula is C22H23Cl2N3O5. The van der Waals surface area contributed by atoms with Gasteiger partial charge in [0.1, 0.15) is 25.5 Å². The summed E-state index contributed by atoms with van der Waals surface area (Å²) in [5.41, 5.74) is 0.927. The molecule has 0 bridgehead atoms. The number of carbonyl (C=O) groups excluding carboxylic acids is 3. The average molecular weight is 480 g/mol. The van der Waals surface area contributed by atoms with Crippen molar-refractivity contribution in [3.63, 3.8) is 0 Å². The van der Waals surface area contributed by atoms with Gasteiger partial charge in [0, 0.05) is 29.9 Å². The fourth-order valence-corrected chi connectivity index (χ4v) is 3.73. The molecular weight excluding hydrogens is 457 g/mol. The number of hydrogen-bond donors (Lipinski definition) is 0. The monoisotopic (exact) mass is 479 g/mol. The quantitative estimate of drug-likeness (QED) is 0.581. The molecule has 0 aromatic heterocycles. The molecule has 1 saturated heterocycles. The third-order valence-electron chi connectivity index (χ3n) is 4.99. The molecule has 32 heavy (non-hydrogen) atoms. The van der Waals surface area contributed by atoms with Crippen LogP contribution in [0.1, 0.15) is 10.4 Å². The van der Waals surface area contributed by atoms with Crippen LogP contribution in [0.4, 0.5) is 5.69 Å². The van der Waals surface area contributed by atoms with Crippen molar-refractivity contribution in [2.75, 3.05) is 52.0 Å². The predicted octanol–water partition coefficient (Wildman–Crippen LogP) is 2.92. The lowest BCUT2D eigenvalue weighted by Gasteiger charge is -2.25. The molecule has 1 aliphatic rings. The third-order valence-corrected chi connectivity index (χ3v) is 5.52. The van der Waals surface area contributed by atoms with Gasteiger partial charge in [-0.25, -0.2) is 0 Å². The van der Waals surface area contributed by atoms with Crippen LogP contribution in [0.15, 0.2) is 42.5 Å². The number of anilines is 1. The van der Waals surface area contributed by atoms with E-state index in [1.807, 2.05) is 0 Å². The highest BCUT2D eigenvalue weighted by molar-refractivity contribution is 6.32. The SMILES string of the molecule is COCCN(CC(=O)N1CC(=O)N(c2ccc(OC)c(Cl)c2)C1)C(=O)c1cccc(Cl)c1. The number of rotatable bonds is 8. The number of methoxy groups -OCH3 is 2. The zero-order chi connectivity index (χ0) is 23.3. The molecule has 0 aliphatic carbocycles. The number of halogens is 2. The number of benzene rings is 2. The summed E-state index contributed by atoms with van der Waals surface area (Å²) in [6.45, 7) is 0.247. The first kappa shape index (κ1) is 23.8. The van der Waals surface area contributed by atoms with E-state index in [0.29, 0.717) is 27.0 Å². The summed E-state index contributed by atoms with van der Waals surface area (Å²) in [6, 6.07) is 11.5. The number of amides is 3.